The van der Waals surface area contributed by atoms with E-state index in [0.717, 1.165) is 31.2 Å². The fraction of sp³-hybridized carbons (Fsp3) is 0.348. The van der Waals surface area contributed by atoms with Crippen molar-refractivity contribution in [1.29, 1.82) is 0 Å². The average Bonchev–Trinajstić information content (AvgIpc) is 2.75. The van der Waals surface area contributed by atoms with Gasteiger partial charge < -0.3 is 10.4 Å². The van der Waals surface area contributed by atoms with Crippen LogP contribution in [-0.4, -0.2) is 32.6 Å². The van der Waals surface area contributed by atoms with Gasteiger partial charge in [0.1, 0.15) is 0 Å². The molecule has 7 heteroatoms. The summed E-state index contributed by atoms with van der Waals surface area (Å²) >= 11 is 0. The normalized spacial score (nSPS) is 14.2. The highest BCUT2D eigenvalue weighted by molar-refractivity contribution is 7.89. The van der Waals surface area contributed by atoms with Crippen molar-refractivity contribution in [1.82, 2.24) is 4.72 Å². The highest BCUT2D eigenvalue weighted by atomic mass is 32.2. The molecule has 0 aliphatic heterocycles. The molecular weight excluding hydrogens is 400 g/mol. The highest BCUT2D eigenvalue weighted by Crippen LogP contribution is 2.22. The van der Waals surface area contributed by atoms with Crippen molar-refractivity contribution in [3.8, 4) is 0 Å². The fourth-order valence-corrected chi connectivity index (χ4v) is 4.63. The Morgan fingerprint density at radius 1 is 1.00 bits per heavy atom. The number of nitrogens with one attached hydrogen (secondary N) is 2. The van der Waals surface area contributed by atoms with Gasteiger partial charge in [0.2, 0.25) is 10.0 Å². The molecule has 2 aromatic rings. The zero-order valence-electron chi connectivity index (χ0n) is 16.9. The minimum Gasteiger partial charge on any atom is -0.478 e. The number of carbonyl (C=O) groups is 1. The van der Waals surface area contributed by atoms with Gasteiger partial charge in [-0.1, -0.05) is 42.0 Å². The third-order valence-electron chi connectivity index (χ3n) is 5.23. The van der Waals surface area contributed by atoms with E-state index in [1.807, 2.05) is 30.3 Å². The first-order valence-electron chi connectivity index (χ1n) is 10.3. The van der Waals surface area contributed by atoms with Crippen molar-refractivity contribution in [2.24, 2.45) is 0 Å². The summed E-state index contributed by atoms with van der Waals surface area (Å²) in [5.41, 5.74) is 2.78. The molecule has 0 heterocycles. The van der Waals surface area contributed by atoms with Crippen LogP contribution in [0.2, 0.25) is 0 Å². The summed E-state index contributed by atoms with van der Waals surface area (Å²) in [5, 5.41) is 12.7. The molecule has 0 saturated carbocycles. The number of carboxylic acids is 1. The van der Waals surface area contributed by atoms with Gasteiger partial charge in [-0.2, -0.15) is 0 Å². The molecule has 0 radical (unpaired) electrons. The Labute approximate surface area is 178 Å². The first kappa shape index (κ1) is 22.1. The van der Waals surface area contributed by atoms with Crippen LogP contribution < -0.4 is 10.0 Å². The van der Waals surface area contributed by atoms with Crippen LogP contribution in [0, 0.1) is 0 Å². The Morgan fingerprint density at radius 2 is 1.80 bits per heavy atom. The lowest BCUT2D eigenvalue weighted by Crippen LogP contribution is -2.25. The molecule has 0 spiro atoms. The number of benzene rings is 2. The number of sulfonamides is 1. The maximum atomic E-state index is 12.6. The largest absolute Gasteiger partial charge is 0.478 e. The number of anilines is 1. The van der Waals surface area contributed by atoms with Crippen LogP contribution in [0.1, 0.15) is 48.0 Å². The maximum absolute atomic E-state index is 12.6. The van der Waals surface area contributed by atoms with Gasteiger partial charge in [-0.05, 0) is 62.3 Å². The second-order valence-corrected chi connectivity index (χ2v) is 9.20. The number of aromatic carboxylic acids is 1. The summed E-state index contributed by atoms with van der Waals surface area (Å²) in [6, 6.07) is 14.0. The van der Waals surface area contributed by atoms with Crippen LogP contribution in [0.3, 0.4) is 0 Å². The summed E-state index contributed by atoms with van der Waals surface area (Å²) in [4.78, 5) is 11.7. The third-order valence-corrected chi connectivity index (χ3v) is 6.69. The summed E-state index contributed by atoms with van der Waals surface area (Å²) in [6.07, 6.45) is 8.03. The van der Waals surface area contributed by atoms with Gasteiger partial charge in [-0.15, -0.1) is 0 Å². The molecule has 0 atom stereocenters. The SMILES string of the molecule is O=C(O)c1cc(S(=O)(=O)NCCC2=CCCCC2)ccc1NCCc1ccccc1. The molecule has 0 bridgehead atoms. The van der Waals surface area contributed by atoms with Crippen LogP contribution in [-0.2, 0) is 16.4 Å². The van der Waals surface area contributed by atoms with Crippen molar-refractivity contribution in [2.45, 2.75) is 43.4 Å². The Morgan fingerprint density at radius 3 is 2.50 bits per heavy atom. The van der Waals surface area contributed by atoms with Gasteiger partial charge in [0.05, 0.1) is 10.5 Å². The van der Waals surface area contributed by atoms with E-state index >= 15 is 0 Å². The van der Waals surface area contributed by atoms with E-state index in [1.54, 1.807) is 0 Å². The molecule has 0 aromatic heterocycles. The molecule has 0 fully saturated rings. The molecule has 0 saturated heterocycles. The van der Waals surface area contributed by atoms with Crippen LogP contribution in [0.4, 0.5) is 5.69 Å². The minimum atomic E-state index is -3.77. The summed E-state index contributed by atoms with van der Waals surface area (Å²) < 4.78 is 27.8. The fourth-order valence-electron chi connectivity index (χ4n) is 3.57. The lowest BCUT2D eigenvalue weighted by Gasteiger charge is -2.14. The monoisotopic (exact) mass is 428 g/mol. The Bertz CT molecular complexity index is 1000. The van der Waals surface area contributed by atoms with Gasteiger partial charge in [0.25, 0.3) is 0 Å². The summed E-state index contributed by atoms with van der Waals surface area (Å²) in [6.45, 7) is 0.859. The Kier molecular flexibility index (Phi) is 7.65. The van der Waals surface area contributed by atoms with E-state index in [-0.39, 0.29) is 10.5 Å². The maximum Gasteiger partial charge on any atom is 0.337 e. The molecule has 2 aromatic carbocycles. The molecule has 0 amide bonds. The minimum absolute atomic E-state index is 0.0360. The lowest BCUT2D eigenvalue weighted by molar-refractivity contribution is 0.0697. The van der Waals surface area contributed by atoms with Gasteiger partial charge in [-0.3, -0.25) is 0 Å². The van der Waals surface area contributed by atoms with E-state index in [1.165, 1.54) is 30.2 Å². The smallest absolute Gasteiger partial charge is 0.337 e. The van der Waals surface area contributed by atoms with Gasteiger partial charge in [0, 0.05) is 18.8 Å². The Balaban J connectivity index is 1.64. The molecule has 6 nitrogen and oxygen atoms in total. The molecule has 1 aliphatic rings. The van der Waals surface area contributed by atoms with Gasteiger partial charge in [-0.25, -0.2) is 17.9 Å². The molecule has 30 heavy (non-hydrogen) atoms. The van der Waals surface area contributed by atoms with Crippen molar-refractivity contribution in [3.05, 3.63) is 71.3 Å². The number of allylic oxidation sites excluding steroid dienone is 1. The predicted molar refractivity (Wildman–Crippen MR) is 118 cm³/mol. The molecule has 3 N–H and O–H groups in total. The number of hydrogen-bond acceptors (Lipinski definition) is 4. The molecular formula is C23H28N2O4S. The van der Waals surface area contributed by atoms with Crippen molar-refractivity contribution in [2.75, 3.05) is 18.4 Å². The van der Waals surface area contributed by atoms with Crippen LogP contribution in [0.15, 0.2) is 65.1 Å². The first-order chi connectivity index (χ1) is 14.5. The first-order valence-corrected chi connectivity index (χ1v) is 11.8. The zero-order valence-corrected chi connectivity index (χ0v) is 17.7. The summed E-state index contributed by atoms with van der Waals surface area (Å²) in [5.74, 6) is -1.17. The molecule has 0 unspecified atom stereocenters. The van der Waals surface area contributed by atoms with Crippen LogP contribution >= 0.6 is 0 Å². The lowest BCUT2D eigenvalue weighted by atomic mass is 9.97. The van der Waals surface area contributed by atoms with Crippen LogP contribution in [0.25, 0.3) is 0 Å². The Hall–Kier alpha value is -2.64. The average molecular weight is 429 g/mol. The zero-order chi connectivity index (χ0) is 21.4. The van der Waals surface area contributed by atoms with Crippen LogP contribution in [0.5, 0.6) is 0 Å². The second-order valence-electron chi connectivity index (χ2n) is 7.43. The van der Waals surface area contributed by atoms with E-state index < -0.39 is 16.0 Å². The number of hydrogen-bond donors (Lipinski definition) is 3. The van der Waals surface area contributed by atoms with E-state index in [9.17, 15) is 18.3 Å². The molecule has 1 aliphatic carbocycles. The molecule has 3 rings (SSSR count). The van der Waals surface area contributed by atoms with Gasteiger partial charge >= 0.3 is 5.97 Å². The standard InChI is InChI=1S/C23H28N2O4S/c26-23(27)21-17-20(30(28,29)25-16-14-19-9-5-2-6-10-19)11-12-22(21)24-15-13-18-7-3-1-4-8-18/h1,3-4,7-9,11-12,17,24-25H,2,5-6,10,13-16H2,(H,26,27). The van der Waals surface area contributed by atoms with Crippen molar-refractivity contribution < 1.29 is 18.3 Å². The van der Waals surface area contributed by atoms with E-state index in [4.69, 9.17) is 0 Å². The second kappa shape index (κ2) is 10.4. The van der Waals surface area contributed by atoms with Crippen molar-refractivity contribution >= 4 is 21.7 Å². The number of carboxylic acid groups (broad SMARTS) is 1. The molecule has 160 valence electrons. The predicted octanol–water partition coefficient (Wildman–Crippen LogP) is 4.21. The number of rotatable bonds is 10. The van der Waals surface area contributed by atoms with Crippen molar-refractivity contribution in [3.63, 3.8) is 0 Å². The van der Waals surface area contributed by atoms with Gasteiger partial charge in [0.15, 0.2) is 0 Å². The van der Waals surface area contributed by atoms with E-state index in [2.05, 4.69) is 16.1 Å². The third kappa shape index (κ3) is 6.18. The summed E-state index contributed by atoms with van der Waals surface area (Å²) in [7, 11) is -3.77. The topological polar surface area (TPSA) is 95.5 Å². The highest BCUT2D eigenvalue weighted by Gasteiger charge is 2.19. The van der Waals surface area contributed by atoms with E-state index in [0.29, 0.717) is 25.2 Å². The quantitative estimate of drug-likeness (QED) is 0.493.